The number of methoxy groups -OCH3 is 3. The van der Waals surface area contributed by atoms with Gasteiger partial charge in [0.05, 0.1) is 21.3 Å². The molecule has 4 aliphatic heterocycles. The summed E-state index contributed by atoms with van der Waals surface area (Å²) in [6.07, 6.45) is 3.24. The highest BCUT2D eigenvalue weighted by atomic mass is 16.5. The summed E-state index contributed by atoms with van der Waals surface area (Å²) < 4.78 is 36.6. The number of nitrogens with zero attached hydrogens (tertiary/aromatic N) is 2. The number of ether oxygens (including phenoxy) is 6. The molecule has 4 heterocycles. The maximum Gasteiger partial charge on any atom is 0.293 e. The third-order valence-corrected chi connectivity index (χ3v) is 10.1. The number of carbonyl (C=O) groups excluding carboxylic acids is 1. The molecule has 0 N–H and O–H groups in total. The largest absolute Gasteiger partial charge is 0.493 e. The van der Waals surface area contributed by atoms with E-state index >= 15 is 0 Å². The standard InChI is InChI=1S/C39H42N2O7/c1-40-14-12-26-19-34(43-3)35-21-30(26)31(40)16-24-7-10-29(11-8-24)47-33-18-25(6-9-28(33)22-46-23-42)17-32-37-27(13-15-41(32)2)20-36(44-4)38(45-5)39(37)48-35/h6-11,18-21,23,31-32H,12-17,22H2,1-5H3/t31-,32+/m0/s1. The second-order valence-corrected chi connectivity index (χ2v) is 12.8. The summed E-state index contributed by atoms with van der Waals surface area (Å²) in [5.74, 6) is 4.51. The highest BCUT2D eigenvalue weighted by Gasteiger charge is 2.34. The fourth-order valence-corrected chi connectivity index (χ4v) is 7.41. The van der Waals surface area contributed by atoms with E-state index in [1.807, 2.05) is 18.2 Å². The molecule has 48 heavy (non-hydrogen) atoms. The second-order valence-electron chi connectivity index (χ2n) is 12.8. The van der Waals surface area contributed by atoms with Crippen molar-refractivity contribution < 1.29 is 33.2 Å². The predicted octanol–water partition coefficient (Wildman–Crippen LogP) is 6.83. The maximum atomic E-state index is 11.1. The van der Waals surface area contributed by atoms with Gasteiger partial charge in [0.2, 0.25) is 5.75 Å². The van der Waals surface area contributed by atoms with Gasteiger partial charge in [-0.25, -0.2) is 0 Å². The van der Waals surface area contributed by atoms with Crippen LogP contribution in [0, 0.1) is 0 Å². The SMILES string of the molecule is COc1cc2c3cc1Oc1c(OC)c(OC)cc4c1[C@@H](Cc1ccc(COC=O)c(c1)Oc1ccc(cc1)C[C@@H]3N(C)CC2)N(C)CC4. The molecule has 4 aliphatic rings. The lowest BCUT2D eigenvalue weighted by molar-refractivity contribution is -0.129. The molecule has 4 aromatic carbocycles. The van der Waals surface area contributed by atoms with Crippen molar-refractivity contribution in [3.8, 4) is 40.2 Å². The molecule has 0 spiro atoms. The lowest BCUT2D eigenvalue weighted by Gasteiger charge is -2.37. The number of fused-ring (bicyclic) bond motifs is 2. The topological polar surface area (TPSA) is 78.9 Å². The summed E-state index contributed by atoms with van der Waals surface area (Å²) in [6.45, 7) is 2.39. The van der Waals surface area contributed by atoms with Crippen molar-refractivity contribution in [3.05, 3.63) is 99.6 Å². The quantitative estimate of drug-likeness (QED) is 0.209. The molecule has 250 valence electrons. The Bertz CT molecular complexity index is 1820. The molecule has 4 aromatic rings. The number of hydrogen-bond donors (Lipinski definition) is 0. The first-order valence-electron chi connectivity index (χ1n) is 16.4. The molecule has 0 amide bonds. The van der Waals surface area contributed by atoms with Crippen molar-refractivity contribution in [1.29, 1.82) is 0 Å². The summed E-state index contributed by atoms with van der Waals surface area (Å²) in [4.78, 5) is 15.9. The van der Waals surface area contributed by atoms with E-state index in [1.54, 1.807) is 21.3 Å². The van der Waals surface area contributed by atoms with E-state index < -0.39 is 0 Å². The van der Waals surface area contributed by atoms with Gasteiger partial charge in [0, 0.05) is 36.3 Å². The van der Waals surface area contributed by atoms with Crippen LogP contribution >= 0.6 is 0 Å². The first kappa shape index (κ1) is 31.8. The molecule has 2 atom stereocenters. The summed E-state index contributed by atoms with van der Waals surface area (Å²) >= 11 is 0. The molecule has 0 unspecified atom stereocenters. The lowest BCUT2D eigenvalue weighted by Crippen LogP contribution is -2.34. The van der Waals surface area contributed by atoms with Gasteiger partial charge >= 0.3 is 0 Å². The van der Waals surface area contributed by atoms with E-state index in [4.69, 9.17) is 28.4 Å². The van der Waals surface area contributed by atoms with E-state index in [2.05, 4.69) is 66.4 Å². The second kappa shape index (κ2) is 13.4. The maximum absolute atomic E-state index is 11.1. The van der Waals surface area contributed by atoms with Crippen LogP contribution in [0.15, 0.2) is 60.7 Å². The number of likely N-dealkylation sites (N-methyl/N-ethyl adjacent to an activating group) is 2. The number of benzene rings is 4. The van der Waals surface area contributed by atoms with E-state index in [1.165, 1.54) is 16.7 Å². The van der Waals surface area contributed by atoms with Crippen LogP contribution in [-0.4, -0.2) is 64.8 Å². The molecule has 0 saturated carbocycles. The average Bonchev–Trinajstić information content (AvgIpc) is 3.10. The Morgan fingerprint density at radius 3 is 2.17 bits per heavy atom. The van der Waals surface area contributed by atoms with E-state index in [0.717, 1.165) is 60.4 Å². The smallest absolute Gasteiger partial charge is 0.293 e. The van der Waals surface area contributed by atoms with Crippen LogP contribution in [0.1, 0.15) is 51.0 Å². The third-order valence-electron chi connectivity index (χ3n) is 10.1. The Kier molecular flexibility index (Phi) is 8.90. The molecule has 0 radical (unpaired) electrons. The van der Waals surface area contributed by atoms with Gasteiger partial charge in [0.1, 0.15) is 18.1 Å². The monoisotopic (exact) mass is 650 g/mol. The minimum atomic E-state index is -0.0471. The zero-order valence-corrected chi connectivity index (χ0v) is 28.2. The first-order valence-corrected chi connectivity index (χ1v) is 16.4. The molecular formula is C39H42N2O7. The van der Waals surface area contributed by atoms with E-state index in [9.17, 15) is 4.79 Å². The van der Waals surface area contributed by atoms with Crippen molar-refractivity contribution >= 4 is 6.47 Å². The fourth-order valence-electron chi connectivity index (χ4n) is 7.41. The van der Waals surface area contributed by atoms with Gasteiger partial charge in [0.15, 0.2) is 23.0 Å². The molecule has 0 saturated heterocycles. The Hall–Kier alpha value is -4.73. The minimum absolute atomic E-state index is 0.0471. The normalized spacial score (nSPS) is 18.8. The Morgan fingerprint density at radius 2 is 1.44 bits per heavy atom. The average molecular weight is 651 g/mol. The van der Waals surface area contributed by atoms with Crippen LogP contribution in [0.25, 0.3) is 0 Å². The van der Waals surface area contributed by atoms with E-state index in [0.29, 0.717) is 47.4 Å². The van der Waals surface area contributed by atoms with Crippen LogP contribution in [0.4, 0.5) is 0 Å². The van der Waals surface area contributed by atoms with Gasteiger partial charge in [-0.3, -0.25) is 14.6 Å². The number of carbonyl (C=O) groups is 1. The Labute approximate surface area is 281 Å². The molecule has 0 aliphatic carbocycles. The van der Waals surface area contributed by atoms with Crippen LogP contribution in [0.5, 0.6) is 40.2 Å². The van der Waals surface area contributed by atoms with Crippen molar-refractivity contribution in [2.75, 3.05) is 48.5 Å². The Morgan fingerprint density at radius 1 is 0.750 bits per heavy atom. The zero-order chi connectivity index (χ0) is 33.4. The molecule has 9 heteroatoms. The highest BCUT2D eigenvalue weighted by Crippen LogP contribution is 2.51. The van der Waals surface area contributed by atoms with Gasteiger partial charge in [-0.1, -0.05) is 24.3 Å². The fraction of sp³-hybridized carbons (Fsp3) is 0.359. The van der Waals surface area contributed by atoms with Crippen molar-refractivity contribution in [3.63, 3.8) is 0 Å². The molecule has 0 aromatic heterocycles. The van der Waals surface area contributed by atoms with Gasteiger partial charge in [-0.15, -0.1) is 0 Å². The van der Waals surface area contributed by atoms with Gasteiger partial charge in [-0.2, -0.15) is 0 Å². The summed E-state index contributed by atoms with van der Waals surface area (Å²) in [5.41, 5.74) is 7.75. The summed E-state index contributed by atoms with van der Waals surface area (Å²) in [6, 6.07) is 20.8. The van der Waals surface area contributed by atoms with Gasteiger partial charge in [0.25, 0.3) is 6.47 Å². The zero-order valence-electron chi connectivity index (χ0n) is 28.2. The highest BCUT2D eigenvalue weighted by molar-refractivity contribution is 5.63. The van der Waals surface area contributed by atoms with Crippen molar-refractivity contribution in [2.24, 2.45) is 0 Å². The molecular weight excluding hydrogens is 608 g/mol. The van der Waals surface area contributed by atoms with Gasteiger partial charge < -0.3 is 28.4 Å². The van der Waals surface area contributed by atoms with Crippen LogP contribution in [-0.2, 0) is 41.8 Å². The van der Waals surface area contributed by atoms with Gasteiger partial charge in [-0.05, 0) is 104 Å². The minimum Gasteiger partial charge on any atom is -0.493 e. The summed E-state index contributed by atoms with van der Waals surface area (Å²) in [7, 11) is 9.33. The summed E-state index contributed by atoms with van der Waals surface area (Å²) in [5, 5.41) is 0. The van der Waals surface area contributed by atoms with Crippen molar-refractivity contribution in [1.82, 2.24) is 9.80 Å². The predicted molar refractivity (Wildman–Crippen MR) is 182 cm³/mol. The molecule has 8 rings (SSSR count). The third kappa shape index (κ3) is 5.93. The van der Waals surface area contributed by atoms with Crippen LogP contribution < -0.4 is 23.7 Å². The molecule has 6 bridgehead atoms. The number of hydrogen-bond acceptors (Lipinski definition) is 9. The van der Waals surface area contributed by atoms with Crippen molar-refractivity contribution in [2.45, 2.75) is 44.4 Å². The van der Waals surface area contributed by atoms with Crippen LogP contribution in [0.3, 0.4) is 0 Å². The van der Waals surface area contributed by atoms with E-state index in [-0.39, 0.29) is 18.7 Å². The lowest BCUT2D eigenvalue weighted by atomic mass is 9.87. The van der Waals surface area contributed by atoms with Crippen LogP contribution in [0.2, 0.25) is 0 Å². The molecule has 0 fully saturated rings. The molecule has 9 nitrogen and oxygen atoms in total. The number of rotatable bonds is 6. The Balaban J connectivity index is 1.45. The first-order chi connectivity index (χ1) is 23.4.